The molecule has 0 radical (unpaired) electrons. The van der Waals surface area contributed by atoms with Gasteiger partial charge in [-0.3, -0.25) is 9.59 Å². The quantitative estimate of drug-likeness (QED) is 0.851. The van der Waals surface area contributed by atoms with Crippen LogP contribution >= 0.6 is 0 Å². The van der Waals surface area contributed by atoms with E-state index in [2.05, 4.69) is 0 Å². The molecule has 26 heavy (non-hydrogen) atoms. The van der Waals surface area contributed by atoms with E-state index in [1.54, 1.807) is 0 Å². The molecule has 0 heterocycles. The number of hydrogen-bond acceptors (Lipinski definition) is 4. The van der Waals surface area contributed by atoms with Crippen LogP contribution in [-0.2, 0) is 15.0 Å². The van der Waals surface area contributed by atoms with Gasteiger partial charge < -0.3 is 9.80 Å². The van der Waals surface area contributed by atoms with Crippen molar-refractivity contribution >= 4 is 22.9 Å². The maximum absolute atomic E-state index is 13.0. The summed E-state index contributed by atoms with van der Waals surface area (Å²) in [6.45, 7) is 0. The molecule has 0 saturated carbocycles. The van der Waals surface area contributed by atoms with Gasteiger partial charge in [-0.25, -0.2) is 0 Å². The lowest BCUT2D eigenvalue weighted by Gasteiger charge is -2.34. The third kappa shape index (κ3) is 3.03. The van der Waals surface area contributed by atoms with Crippen LogP contribution in [0.3, 0.4) is 0 Å². The highest BCUT2D eigenvalue weighted by Gasteiger charge is 2.44. The zero-order chi connectivity index (χ0) is 18.9. The van der Waals surface area contributed by atoms with E-state index >= 15 is 0 Å². The maximum Gasteiger partial charge on any atom is 0.171 e. The first-order valence-electron chi connectivity index (χ1n) is 8.65. The normalized spacial score (nSPS) is 15.8. The second kappa shape index (κ2) is 6.79. The topological polar surface area (TPSA) is 40.6 Å². The highest BCUT2D eigenvalue weighted by Crippen LogP contribution is 2.40. The lowest BCUT2D eigenvalue weighted by Crippen LogP contribution is -2.40. The molecular formula is C22H24N2O2. The molecular weight excluding hydrogens is 324 g/mol. The zero-order valence-corrected chi connectivity index (χ0v) is 15.7. The van der Waals surface area contributed by atoms with Crippen LogP contribution < -0.4 is 9.80 Å². The molecule has 2 aromatic rings. The van der Waals surface area contributed by atoms with E-state index in [4.69, 9.17) is 0 Å². The Morgan fingerprint density at radius 2 is 1.12 bits per heavy atom. The van der Waals surface area contributed by atoms with Crippen molar-refractivity contribution in [3.05, 3.63) is 71.8 Å². The van der Waals surface area contributed by atoms with Crippen LogP contribution in [0.15, 0.2) is 60.7 Å². The molecule has 2 aromatic carbocycles. The van der Waals surface area contributed by atoms with Gasteiger partial charge in [-0.2, -0.15) is 0 Å². The molecule has 0 N–H and O–H groups in total. The predicted octanol–water partition coefficient (Wildman–Crippen LogP) is 3.20. The smallest absolute Gasteiger partial charge is 0.171 e. The summed E-state index contributed by atoms with van der Waals surface area (Å²) < 4.78 is 0. The van der Waals surface area contributed by atoms with Crippen molar-refractivity contribution in [2.24, 2.45) is 0 Å². The number of benzene rings is 2. The minimum Gasteiger partial charge on any atom is -0.378 e. The molecule has 3 rings (SSSR count). The van der Waals surface area contributed by atoms with Crippen molar-refractivity contribution in [3.63, 3.8) is 0 Å². The lowest BCUT2D eigenvalue weighted by atomic mass is 9.66. The first-order chi connectivity index (χ1) is 12.3. The SMILES string of the molecule is CN(C)c1ccc(C2(c3ccc(N(C)C)cc3)CC(=O)C=CC2=O)cc1. The van der Waals surface area contributed by atoms with Gasteiger partial charge >= 0.3 is 0 Å². The molecule has 0 saturated heterocycles. The highest BCUT2D eigenvalue weighted by atomic mass is 16.1. The molecule has 4 heteroatoms. The molecule has 0 aromatic heterocycles. The van der Waals surface area contributed by atoms with Crippen molar-refractivity contribution in [2.45, 2.75) is 11.8 Å². The predicted molar refractivity (Wildman–Crippen MR) is 106 cm³/mol. The summed E-state index contributed by atoms with van der Waals surface area (Å²) in [6, 6.07) is 15.8. The van der Waals surface area contributed by atoms with Crippen LogP contribution in [0, 0.1) is 0 Å². The van der Waals surface area contributed by atoms with Crippen molar-refractivity contribution in [1.29, 1.82) is 0 Å². The van der Waals surface area contributed by atoms with Crippen LogP contribution in [-0.4, -0.2) is 39.8 Å². The first kappa shape index (κ1) is 17.9. The first-order valence-corrected chi connectivity index (χ1v) is 8.65. The molecule has 1 aliphatic rings. The summed E-state index contributed by atoms with van der Waals surface area (Å²) in [5, 5.41) is 0. The Hall–Kier alpha value is -2.88. The van der Waals surface area contributed by atoms with Gasteiger partial charge in [0.15, 0.2) is 11.6 Å². The maximum atomic E-state index is 13.0. The summed E-state index contributed by atoms with van der Waals surface area (Å²) in [7, 11) is 7.90. The number of carbonyl (C=O) groups is 2. The number of rotatable bonds is 4. The number of nitrogens with zero attached hydrogens (tertiary/aromatic N) is 2. The van der Waals surface area contributed by atoms with E-state index in [-0.39, 0.29) is 18.0 Å². The van der Waals surface area contributed by atoms with Crippen molar-refractivity contribution in [1.82, 2.24) is 0 Å². The van der Waals surface area contributed by atoms with Crippen molar-refractivity contribution < 1.29 is 9.59 Å². The standard InChI is InChI=1S/C22H24N2O2/c1-23(2)18-9-5-16(6-10-18)22(15-20(25)13-14-21(22)26)17-7-11-19(12-8-17)24(3)4/h5-14H,15H2,1-4H3. The van der Waals surface area contributed by atoms with Crippen LogP contribution in [0.5, 0.6) is 0 Å². The van der Waals surface area contributed by atoms with E-state index in [1.165, 1.54) is 12.2 Å². The molecule has 0 bridgehead atoms. The van der Waals surface area contributed by atoms with E-state index in [0.29, 0.717) is 0 Å². The molecule has 0 aliphatic heterocycles. The lowest BCUT2D eigenvalue weighted by molar-refractivity contribution is -0.125. The van der Waals surface area contributed by atoms with Gasteiger partial charge in [0.2, 0.25) is 0 Å². The highest BCUT2D eigenvalue weighted by molar-refractivity contribution is 6.12. The molecule has 1 aliphatic carbocycles. The summed E-state index contributed by atoms with van der Waals surface area (Å²) in [5.41, 5.74) is 2.85. The number of anilines is 2. The van der Waals surface area contributed by atoms with Gasteiger partial charge in [0, 0.05) is 46.0 Å². The molecule has 134 valence electrons. The van der Waals surface area contributed by atoms with Gasteiger partial charge in [-0.1, -0.05) is 24.3 Å². The average Bonchev–Trinajstić information content (AvgIpc) is 2.64. The molecule has 0 unspecified atom stereocenters. The van der Waals surface area contributed by atoms with Crippen LogP contribution in [0.2, 0.25) is 0 Å². The third-order valence-corrected chi connectivity index (χ3v) is 5.03. The second-order valence-electron chi connectivity index (χ2n) is 7.13. The van der Waals surface area contributed by atoms with Gasteiger partial charge in [0.1, 0.15) is 0 Å². The number of allylic oxidation sites excluding steroid dienone is 2. The Kier molecular flexibility index (Phi) is 4.68. The molecule has 0 amide bonds. The largest absolute Gasteiger partial charge is 0.378 e. The fourth-order valence-electron chi connectivity index (χ4n) is 3.46. The minimum absolute atomic E-state index is 0.0297. The Labute approximate surface area is 154 Å². The zero-order valence-electron chi connectivity index (χ0n) is 15.7. The Morgan fingerprint density at radius 3 is 1.50 bits per heavy atom. The van der Waals surface area contributed by atoms with Crippen LogP contribution in [0.1, 0.15) is 17.5 Å². The molecule has 0 spiro atoms. The van der Waals surface area contributed by atoms with Crippen molar-refractivity contribution in [2.75, 3.05) is 38.0 Å². The van der Waals surface area contributed by atoms with Gasteiger partial charge in [0.05, 0.1) is 5.41 Å². The van der Waals surface area contributed by atoms with Crippen molar-refractivity contribution in [3.8, 4) is 0 Å². The monoisotopic (exact) mass is 348 g/mol. The molecule has 0 atom stereocenters. The third-order valence-electron chi connectivity index (χ3n) is 5.03. The Bertz CT molecular complexity index is 795. The van der Waals surface area contributed by atoms with Gasteiger partial charge in [-0.15, -0.1) is 0 Å². The van der Waals surface area contributed by atoms with Gasteiger partial charge in [0.25, 0.3) is 0 Å². The average molecular weight is 348 g/mol. The number of hydrogen-bond donors (Lipinski definition) is 0. The number of carbonyl (C=O) groups excluding carboxylic acids is 2. The second-order valence-corrected chi connectivity index (χ2v) is 7.13. The van der Waals surface area contributed by atoms with E-state index in [0.717, 1.165) is 22.5 Å². The summed E-state index contributed by atoms with van der Waals surface area (Å²) in [4.78, 5) is 29.3. The van der Waals surface area contributed by atoms with Gasteiger partial charge in [-0.05, 0) is 47.5 Å². The fraction of sp³-hybridized carbons (Fsp3) is 0.273. The summed E-state index contributed by atoms with van der Waals surface area (Å²) >= 11 is 0. The van der Waals surface area contributed by atoms with Crippen LogP contribution in [0.4, 0.5) is 11.4 Å². The van der Waals surface area contributed by atoms with Crippen LogP contribution in [0.25, 0.3) is 0 Å². The summed E-state index contributed by atoms with van der Waals surface area (Å²) in [6.07, 6.45) is 2.97. The fourth-order valence-corrected chi connectivity index (χ4v) is 3.46. The Morgan fingerprint density at radius 1 is 0.692 bits per heavy atom. The Balaban J connectivity index is 2.15. The van der Waals surface area contributed by atoms with E-state index in [1.807, 2.05) is 86.5 Å². The summed E-state index contributed by atoms with van der Waals surface area (Å²) in [5.74, 6) is -0.0784. The molecule has 4 nitrogen and oxygen atoms in total. The number of ketones is 2. The minimum atomic E-state index is -0.957. The molecule has 0 fully saturated rings. The van der Waals surface area contributed by atoms with E-state index in [9.17, 15) is 9.59 Å². The van der Waals surface area contributed by atoms with E-state index < -0.39 is 5.41 Å².